The van der Waals surface area contributed by atoms with Gasteiger partial charge in [-0.05, 0) is 44.4 Å². The van der Waals surface area contributed by atoms with Crippen molar-refractivity contribution < 1.29 is 19.4 Å². The highest BCUT2D eigenvalue weighted by Crippen LogP contribution is 2.45. The molecule has 166 valence electrons. The molecule has 4 atom stereocenters. The molecule has 2 aliphatic rings. The van der Waals surface area contributed by atoms with Gasteiger partial charge in [-0.25, -0.2) is 0 Å². The van der Waals surface area contributed by atoms with Gasteiger partial charge in [0.25, 0.3) is 0 Å². The minimum absolute atomic E-state index is 0.00182. The highest BCUT2D eigenvalue weighted by atomic mass is 32.1. The van der Waals surface area contributed by atoms with E-state index in [0.717, 1.165) is 69.2 Å². The van der Waals surface area contributed by atoms with Crippen LogP contribution < -0.4 is 10.6 Å². The summed E-state index contributed by atoms with van der Waals surface area (Å²) >= 11 is 5.29. The number of carbonyl (C=O) groups excluding carboxylic acids is 1. The Hall–Kier alpha value is -1.21. The quantitative estimate of drug-likeness (QED) is 0.273. The average molecular weight is 427 g/mol. The maximum absolute atomic E-state index is 12.2. The van der Waals surface area contributed by atoms with E-state index in [4.69, 9.17) is 22.1 Å². The van der Waals surface area contributed by atoms with E-state index in [-0.39, 0.29) is 25.0 Å². The Labute approximate surface area is 180 Å². The van der Waals surface area contributed by atoms with Gasteiger partial charge in [0.2, 0.25) is 5.91 Å². The summed E-state index contributed by atoms with van der Waals surface area (Å²) in [6.07, 6.45) is 12.4. The van der Waals surface area contributed by atoms with Crippen molar-refractivity contribution in [3.8, 4) is 0 Å². The number of aliphatic carboxylic acids is 1. The summed E-state index contributed by atoms with van der Waals surface area (Å²) in [5.74, 6) is 0.196. The van der Waals surface area contributed by atoms with Crippen molar-refractivity contribution in [2.75, 3.05) is 13.1 Å². The number of fused-ring (bicyclic) bond motifs is 2. The summed E-state index contributed by atoms with van der Waals surface area (Å²) < 4.78 is 6.13. The Balaban J connectivity index is 1.63. The normalized spacial score (nSPS) is 25.1. The lowest BCUT2D eigenvalue weighted by molar-refractivity contribution is -0.137. The van der Waals surface area contributed by atoms with Gasteiger partial charge in [0.1, 0.15) is 0 Å². The van der Waals surface area contributed by atoms with Crippen LogP contribution in [0.3, 0.4) is 0 Å². The number of thiocarbonyl (C=S) groups is 1. The van der Waals surface area contributed by atoms with E-state index in [0.29, 0.717) is 24.5 Å². The number of nitrogens with one attached hydrogen (secondary N) is 2. The SMILES string of the molecule is CCCCCC(=S)NCC(=O)NCC1C2CCC(O2)C1CCCCCCC(=O)O. The summed E-state index contributed by atoms with van der Waals surface area (Å²) in [4.78, 5) is 23.6. The van der Waals surface area contributed by atoms with Gasteiger partial charge >= 0.3 is 5.97 Å². The van der Waals surface area contributed by atoms with Crippen LogP contribution in [0, 0.1) is 11.8 Å². The average Bonchev–Trinajstić information content (AvgIpc) is 3.29. The van der Waals surface area contributed by atoms with E-state index in [1.807, 2.05) is 0 Å². The first-order chi connectivity index (χ1) is 14.0. The summed E-state index contributed by atoms with van der Waals surface area (Å²) in [6, 6.07) is 0. The van der Waals surface area contributed by atoms with Crippen molar-refractivity contribution in [2.24, 2.45) is 11.8 Å². The first-order valence-electron chi connectivity index (χ1n) is 11.4. The molecular formula is C22H38N2O4S. The molecule has 2 fully saturated rings. The van der Waals surface area contributed by atoms with Gasteiger partial charge in [-0.3, -0.25) is 9.59 Å². The monoisotopic (exact) mass is 426 g/mol. The van der Waals surface area contributed by atoms with Crippen LogP contribution in [0.4, 0.5) is 0 Å². The van der Waals surface area contributed by atoms with Gasteiger partial charge in [0.05, 0.1) is 23.7 Å². The topological polar surface area (TPSA) is 87.7 Å². The molecule has 1 amide bonds. The van der Waals surface area contributed by atoms with E-state index in [2.05, 4.69) is 17.6 Å². The van der Waals surface area contributed by atoms with Crippen LogP contribution in [-0.2, 0) is 14.3 Å². The third kappa shape index (κ3) is 8.59. The highest BCUT2D eigenvalue weighted by Gasteiger charge is 2.48. The van der Waals surface area contributed by atoms with Gasteiger partial charge in [-0.15, -0.1) is 0 Å². The fourth-order valence-electron chi connectivity index (χ4n) is 4.66. The Bertz CT molecular complexity index is 543. The molecular weight excluding hydrogens is 388 g/mol. The summed E-state index contributed by atoms with van der Waals surface area (Å²) in [5.41, 5.74) is 0. The summed E-state index contributed by atoms with van der Waals surface area (Å²) in [7, 11) is 0. The van der Waals surface area contributed by atoms with Gasteiger partial charge in [0.15, 0.2) is 0 Å². The molecule has 2 heterocycles. The van der Waals surface area contributed by atoms with Crippen molar-refractivity contribution >= 4 is 29.1 Å². The third-order valence-electron chi connectivity index (χ3n) is 6.26. The number of carboxylic acids is 1. The Morgan fingerprint density at radius 2 is 1.66 bits per heavy atom. The molecule has 0 aromatic carbocycles. The van der Waals surface area contributed by atoms with E-state index >= 15 is 0 Å². The Morgan fingerprint density at radius 1 is 0.966 bits per heavy atom. The lowest BCUT2D eigenvalue weighted by Crippen LogP contribution is -2.42. The van der Waals surface area contributed by atoms with Crippen LogP contribution in [0.15, 0.2) is 0 Å². The van der Waals surface area contributed by atoms with Crippen LogP contribution in [0.5, 0.6) is 0 Å². The lowest BCUT2D eigenvalue weighted by atomic mass is 9.76. The van der Waals surface area contributed by atoms with E-state index in [9.17, 15) is 9.59 Å². The van der Waals surface area contributed by atoms with Gasteiger partial charge in [-0.2, -0.15) is 0 Å². The molecule has 0 aliphatic carbocycles. The van der Waals surface area contributed by atoms with Gasteiger partial charge < -0.3 is 20.5 Å². The van der Waals surface area contributed by atoms with Gasteiger partial charge in [-0.1, -0.05) is 51.2 Å². The second-order valence-corrected chi connectivity index (χ2v) is 9.00. The summed E-state index contributed by atoms with van der Waals surface area (Å²) in [5, 5.41) is 14.9. The minimum Gasteiger partial charge on any atom is -0.481 e. The molecule has 0 aromatic heterocycles. The van der Waals surface area contributed by atoms with Crippen molar-refractivity contribution in [1.82, 2.24) is 10.6 Å². The fourth-order valence-corrected chi connectivity index (χ4v) is 4.88. The lowest BCUT2D eigenvalue weighted by Gasteiger charge is -2.28. The van der Waals surface area contributed by atoms with Crippen molar-refractivity contribution in [3.63, 3.8) is 0 Å². The number of ether oxygens (including phenoxy) is 1. The number of hydrogen-bond donors (Lipinski definition) is 3. The molecule has 4 unspecified atom stereocenters. The first-order valence-corrected chi connectivity index (χ1v) is 11.8. The molecule has 3 N–H and O–H groups in total. The zero-order valence-electron chi connectivity index (χ0n) is 17.8. The second-order valence-electron chi connectivity index (χ2n) is 8.50. The van der Waals surface area contributed by atoms with Gasteiger partial charge in [0, 0.05) is 18.9 Å². The zero-order chi connectivity index (χ0) is 21.1. The molecule has 6 nitrogen and oxygen atoms in total. The van der Waals surface area contributed by atoms with Crippen molar-refractivity contribution in [1.29, 1.82) is 0 Å². The zero-order valence-corrected chi connectivity index (χ0v) is 18.6. The molecule has 7 heteroatoms. The maximum atomic E-state index is 12.2. The highest BCUT2D eigenvalue weighted by molar-refractivity contribution is 7.80. The standard InChI is InChI=1S/C22H38N2O4S/c1-2-3-6-10-21(29)24-15-20(25)23-14-17-16(18-12-13-19(17)28-18)9-7-4-5-8-11-22(26)27/h16-19H,2-15H2,1H3,(H,23,25)(H,24,29)(H,26,27). The Kier molecular flexibility index (Phi) is 10.9. The largest absolute Gasteiger partial charge is 0.481 e. The van der Waals surface area contributed by atoms with E-state index < -0.39 is 5.97 Å². The molecule has 0 spiro atoms. The molecule has 29 heavy (non-hydrogen) atoms. The predicted octanol–water partition coefficient (Wildman–Crippen LogP) is 3.82. The molecule has 0 saturated carbocycles. The smallest absolute Gasteiger partial charge is 0.303 e. The van der Waals surface area contributed by atoms with Crippen LogP contribution in [0.1, 0.15) is 84.0 Å². The summed E-state index contributed by atoms with van der Waals surface area (Å²) in [6.45, 7) is 3.09. The van der Waals surface area contributed by atoms with Crippen LogP contribution in [0.2, 0.25) is 0 Å². The maximum Gasteiger partial charge on any atom is 0.303 e. The first kappa shape index (κ1) is 24.1. The number of rotatable bonds is 15. The number of amides is 1. The van der Waals surface area contributed by atoms with E-state index in [1.165, 1.54) is 6.42 Å². The number of carbonyl (C=O) groups is 2. The number of carboxylic acid groups (broad SMARTS) is 1. The fraction of sp³-hybridized carbons (Fsp3) is 0.864. The van der Waals surface area contributed by atoms with Crippen molar-refractivity contribution in [3.05, 3.63) is 0 Å². The molecule has 2 bridgehead atoms. The minimum atomic E-state index is -0.710. The third-order valence-corrected chi connectivity index (χ3v) is 6.61. The van der Waals surface area contributed by atoms with Crippen molar-refractivity contribution in [2.45, 2.75) is 96.2 Å². The molecule has 2 aliphatic heterocycles. The second kappa shape index (κ2) is 13.2. The number of unbranched alkanes of at least 4 members (excludes halogenated alkanes) is 5. The molecule has 0 radical (unpaired) electrons. The van der Waals surface area contributed by atoms with Crippen LogP contribution >= 0.6 is 12.2 Å². The molecule has 2 saturated heterocycles. The van der Waals surface area contributed by atoms with Crippen LogP contribution in [-0.4, -0.2) is 47.3 Å². The molecule has 0 aromatic rings. The van der Waals surface area contributed by atoms with E-state index in [1.54, 1.807) is 0 Å². The predicted molar refractivity (Wildman–Crippen MR) is 118 cm³/mol. The molecule has 2 rings (SSSR count). The number of hydrogen-bond acceptors (Lipinski definition) is 4. The Morgan fingerprint density at radius 3 is 2.38 bits per heavy atom. The van der Waals surface area contributed by atoms with Crippen LogP contribution in [0.25, 0.3) is 0 Å².